The smallest absolute Gasteiger partial charge is 0.253 e. The molecule has 1 saturated carbocycles. The molecule has 3 heteroatoms. The van der Waals surface area contributed by atoms with E-state index in [1.807, 2.05) is 30.3 Å². The molecule has 0 aromatic heterocycles. The van der Waals surface area contributed by atoms with Gasteiger partial charge in [-0.05, 0) is 18.4 Å². The first kappa shape index (κ1) is 10.2. The number of rotatable bonds is 4. The Bertz CT molecular complexity index is 333. The van der Waals surface area contributed by atoms with Gasteiger partial charge in [0.2, 0.25) is 0 Å². The van der Waals surface area contributed by atoms with Crippen molar-refractivity contribution >= 4 is 5.91 Å². The van der Waals surface area contributed by atoms with Gasteiger partial charge in [0.25, 0.3) is 5.91 Å². The Labute approximate surface area is 89.4 Å². The number of amides is 1. The highest BCUT2D eigenvalue weighted by atomic mass is 16.5. The molecule has 1 aliphatic carbocycles. The second kappa shape index (κ2) is 4.45. The average molecular weight is 205 g/mol. The third-order valence-electron chi connectivity index (χ3n) is 2.50. The number of hydrogen-bond donors (Lipinski definition) is 1. The largest absolute Gasteiger partial charge is 0.367 e. The van der Waals surface area contributed by atoms with Crippen LogP contribution in [0.5, 0.6) is 0 Å². The summed E-state index contributed by atoms with van der Waals surface area (Å²) < 4.78 is 5.21. The molecule has 1 atom stereocenters. The van der Waals surface area contributed by atoms with Gasteiger partial charge in [0, 0.05) is 13.2 Å². The lowest BCUT2D eigenvalue weighted by Crippen LogP contribution is -2.31. The highest BCUT2D eigenvalue weighted by Crippen LogP contribution is 2.22. The van der Waals surface area contributed by atoms with Crippen molar-refractivity contribution in [2.45, 2.75) is 25.0 Å². The predicted octanol–water partition coefficient (Wildman–Crippen LogP) is 1.65. The monoisotopic (exact) mass is 205 g/mol. The van der Waals surface area contributed by atoms with Crippen molar-refractivity contribution in [1.82, 2.24) is 5.32 Å². The summed E-state index contributed by atoms with van der Waals surface area (Å²) in [6.45, 7) is 0. The van der Waals surface area contributed by atoms with Gasteiger partial charge in [0.15, 0.2) is 6.10 Å². The van der Waals surface area contributed by atoms with E-state index in [-0.39, 0.29) is 5.91 Å². The van der Waals surface area contributed by atoms with Crippen LogP contribution in [0.15, 0.2) is 30.3 Å². The van der Waals surface area contributed by atoms with Crippen LogP contribution in [0.2, 0.25) is 0 Å². The van der Waals surface area contributed by atoms with Gasteiger partial charge in [-0.3, -0.25) is 4.79 Å². The van der Waals surface area contributed by atoms with Crippen molar-refractivity contribution in [3.63, 3.8) is 0 Å². The number of carbonyl (C=O) groups excluding carboxylic acids is 1. The lowest BCUT2D eigenvalue weighted by atomic mass is 10.1. The molecule has 0 unspecified atom stereocenters. The van der Waals surface area contributed by atoms with Crippen LogP contribution in [0.4, 0.5) is 0 Å². The minimum absolute atomic E-state index is 0.0359. The number of benzene rings is 1. The normalized spacial score (nSPS) is 17.1. The van der Waals surface area contributed by atoms with Gasteiger partial charge in [0.1, 0.15) is 0 Å². The lowest BCUT2D eigenvalue weighted by Gasteiger charge is -2.15. The van der Waals surface area contributed by atoms with Gasteiger partial charge in [-0.1, -0.05) is 30.3 Å². The first-order valence-electron chi connectivity index (χ1n) is 5.19. The first-order valence-corrected chi connectivity index (χ1v) is 5.19. The van der Waals surface area contributed by atoms with Gasteiger partial charge in [-0.2, -0.15) is 0 Å². The Kier molecular flexibility index (Phi) is 3.02. The molecule has 1 aromatic rings. The molecule has 1 aliphatic rings. The van der Waals surface area contributed by atoms with Crippen LogP contribution in [0, 0.1) is 0 Å². The Morgan fingerprint density at radius 2 is 2.07 bits per heavy atom. The standard InChI is InChI=1S/C12H15NO2/c1-15-11(9-5-3-2-4-6-9)12(14)13-10-7-8-10/h2-6,10-11H,7-8H2,1H3,(H,13,14)/t11-/m1/s1. The summed E-state index contributed by atoms with van der Waals surface area (Å²) in [6, 6.07) is 9.92. The Balaban J connectivity index is 2.05. The zero-order chi connectivity index (χ0) is 10.7. The SMILES string of the molecule is CO[C@@H](C(=O)NC1CC1)c1ccccc1. The van der Waals surface area contributed by atoms with Gasteiger partial charge < -0.3 is 10.1 Å². The van der Waals surface area contributed by atoms with Crippen molar-refractivity contribution in [2.75, 3.05) is 7.11 Å². The molecular weight excluding hydrogens is 190 g/mol. The minimum Gasteiger partial charge on any atom is -0.367 e. The van der Waals surface area contributed by atoms with Crippen LogP contribution >= 0.6 is 0 Å². The minimum atomic E-state index is -0.480. The van der Waals surface area contributed by atoms with Gasteiger partial charge in [0.05, 0.1) is 0 Å². The highest BCUT2D eigenvalue weighted by Gasteiger charge is 2.28. The molecule has 0 aliphatic heterocycles. The summed E-state index contributed by atoms with van der Waals surface area (Å²) in [7, 11) is 1.56. The molecule has 1 N–H and O–H groups in total. The van der Waals surface area contributed by atoms with E-state index in [0.29, 0.717) is 6.04 Å². The summed E-state index contributed by atoms with van der Waals surface area (Å²) in [5, 5.41) is 2.94. The Morgan fingerprint density at radius 3 is 2.60 bits per heavy atom. The van der Waals surface area contributed by atoms with E-state index in [1.165, 1.54) is 0 Å². The molecule has 2 rings (SSSR count). The molecular formula is C12H15NO2. The lowest BCUT2D eigenvalue weighted by molar-refractivity contribution is -0.131. The van der Waals surface area contributed by atoms with E-state index in [4.69, 9.17) is 4.74 Å². The molecule has 0 saturated heterocycles. The molecule has 1 fully saturated rings. The van der Waals surface area contributed by atoms with Crippen LogP contribution in [0.25, 0.3) is 0 Å². The Morgan fingerprint density at radius 1 is 1.40 bits per heavy atom. The molecule has 1 aromatic carbocycles. The number of hydrogen-bond acceptors (Lipinski definition) is 2. The second-order valence-electron chi connectivity index (χ2n) is 3.81. The van der Waals surface area contributed by atoms with E-state index in [9.17, 15) is 4.79 Å². The fourth-order valence-corrected chi connectivity index (χ4v) is 1.53. The average Bonchev–Trinajstić information content (AvgIpc) is 3.04. The quantitative estimate of drug-likeness (QED) is 0.811. The molecule has 80 valence electrons. The predicted molar refractivity (Wildman–Crippen MR) is 57.4 cm³/mol. The second-order valence-corrected chi connectivity index (χ2v) is 3.81. The van der Waals surface area contributed by atoms with Crippen molar-refractivity contribution < 1.29 is 9.53 Å². The number of nitrogens with one attached hydrogen (secondary N) is 1. The fraction of sp³-hybridized carbons (Fsp3) is 0.417. The van der Waals surface area contributed by atoms with Gasteiger partial charge in [-0.25, -0.2) is 0 Å². The summed E-state index contributed by atoms with van der Waals surface area (Å²) >= 11 is 0. The van der Waals surface area contributed by atoms with E-state index in [0.717, 1.165) is 18.4 Å². The zero-order valence-electron chi connectivity index (χ0n) is 8.77. The van der Waals surface area contributed by atoms with E-state index >= 15 is 0 Å². The third kappa shape index (κ3) is 2.57. The first-order chi connectivity index (χ1) is 7.31. The number of ether oxygens (including phenoxy) is 1. The summed E-state index contributed by atoms with van der Waals surface area (Å²) in [4.78, 5) is 11.8. The summed E-state index contributed by atoms with van der Waals surface area (Å²) in [5.74, 6) is -0.0359. The molecule has 0 spiro atoms. The van der Waals surface area contributed by atoms with Crippen LogP contribution in [0.1, 0.15) is 24.5 Å². The number of carbonyl (C=O) groups is 1. The molecule has 0 radical (unpaired) electrons. The summed E-state index contributed by atoms with van der Waals surface area (Å²) in [6.07, 6.45) is 1.71. The van der Waals surface area contributed by atoms with Crippen molar-refractivity contribution in [1.29, 1.82) is 0 Å². The maximum absolute atomic E-state index is 11.8. The molecule has 0 heterocycles. The Hall–Kier alpha value is -1.35. The third-order valence-corrected chi connectivity index (χ3v) is 2.50. The highest BCUT2D eigenvalue weighted by molar-refractivity contribution is 5.82. The molecule has 3 nitrogen and oxygen atoms in total. The van der Waals surface area contributed by atoms with E-state index in [1.54, 1.807) is 7.11 Å². The van der Waals surface area contributed by atoms with Crippen molar-refractivity contribution in [3.05, 3.63) is 35.9 Å². The van der Waals surface area contributed by atoms with Crippen LogP contribution in [-0.2, 0) is 9.53 Å². The topological polar surface area (TPSA) is 38.3 Å². The maximum atomic E-state index is 11.8. The van der Waals surface area contributed by atoms with Crippen LogP contribution in [-0.4, -0.2) is 19.1 Å². The maximum Gasteiger partial charge on any atom is 0.253 e. The van der Waals surface area contributed by atoms with Gasteiger partial charge in [-0.15, -0.1) is 0 Å². The molecule has 0 bridgehead atoms. The van der Waals surface area contributed by atoms with Crippen molar-refractivity contribution in [3.8, 4) is 0 Å². The molecule has 1 amide bonds. The molecule has 15 heavy (non-hydrogen) atoms. The zero-order valence-corrected chi connectivity index (χ0v) is 8.77. The van der Waals surface area contributed by atoms with Crippen molar-refractivity contribution in [2.24, 2.45) is 0 Å². The summed E-state index contributed by atoms with van der Waals surface area (Å²) in [5.41, 5.74) is 0.901. The van der Waals surface area contributed by atoms with Crippen LogP contribution in [0.3, 0.4) is 0 Å². The van der Waals surface area contributed by atoms with E-state index in [2.05, 4.69) is 5.32 Å². The van der Waals surface area contributed by atoms with E-state index < -0.39 is 6.10 Å². The fourth-order valence-electron chi connectivity index (χ4n) is 1.53. The van der Waals surface area contributed by atoms with Crippen LogP contribution < -0.4 is 5.32 Å². The van der Waals surface area contributed by atoms with Gasteiger partial charge >= 0.3 is 0 Å². The number of methoxy groups -OCH3 is 1.